The van der Waals surface area contributed by atoms with Crippen LogP contribution in [0.1, 0.15) is 35.3 Å². The molecular weight excluding hydrogens is 522 g/mol. The van der Waals surface area contributed by atoms with Crippen LogP contribution in [0, 0.1) is 0 Å². The normalized spacial score (nSPS) is 16.6. The SMILES string of the molecule is CC(=O)c1ccccc1-c1cccc(C2CC(C(O)(C(F)(F)F)C(F)(F)F)=NN2c2ccccc2Cl)c1. The maximum absolute atomic E-state index is 13.7. The standard InChI is InChI=1S/C26H19ClF6N2O2/c1-15(36)18-9-2-3-10-19(18)16-7-6-8-17(13-16)22-14-23(24(37,25(28,29)30)26(31,32)33)34-35(22)21-12-5-4-11-20(21)27/h2-13,22,37H,14H2,1H3. The summed E-state index contributed by atoms with van der Waals surface area (Å²) in [6.07, 6.45) is -13.0. The average molecular weight is 541 g/mol. The molecule has 1 N–H and O–H groups in total. The van der Waals surface area contributed by atoms with Crippen molar-refractivity contribution in [3.8, 4) is 11.1 Å². The van der Waals surface area contributed by atoms with Gasteiger partial charge in [0.05, 0.1) is 22.5 Å². The van der Waals surface area contributed by atoms with Gasteiger partial charge < -0.3 is 5.11 Å². The summed E-state index contributed by atoms with van der Waals surface area (Å²) in [6.45, 7) is 1.38. The van der Waals surface area contributed by atoms with Crippen LogP contribution in [-0.4, -0.2) is 34.6 Å². The third kappa shape index (κ3) is 4.71. The first-order valence-corrected chi connectivity index (χ1v) is 11.3. The summed E-state index contributed by atoms with van der Waals surface area (Å²) >= 11 is 6.23. The molecule has 4 rings (SSSR count). The Bertz CT molecular complexity index is 1360. The van der Waals surface area contributed by atoms with Gasteiger partial charge in [-0.15, -0.1) is 0 Å². The Morgan fingerprint density at radius 3 is 2.19 bits per heavy atom. The van der Waals surface area contributed by atoms with Gasteiger partial charge in [0.2, 0.25) is 0 Å². The van der Waals surface area contributed by atoms with Gasteiger partial charge in [0.25, 0.3) is 5.60 Å². The molecule has 0 bridgehead atoms. The predicted octanol–water partition coefficient (Wildman–Crippen LogP) is 7.37. The fourth-order valence-electron chi connectivity index (χ4n) is 4.29. The molecule has 11 heteroatoms. The van der Waals surface area contributed by atoms with Crippen LogP contribution in [0.4, 0.5) is 32.0 Å². The highest BCUT2D eigenvalue weighted by atomic mass is 35.5. The van der Waals surface area contributed by atoms with E-state index in [-0.39, 0.29) is 16.5 Å². The van der Waals surface area contributed by atoms with Crippen LogP contribution in [-0.2, 0) is 0 Å². The molecule has 194 valence electrons. The van der Waals surface area contributed by atoms with E-state index in [0.717, 1.165) is 5.01 Å². The molecule has 1 aliphatic heterocycles. The number of nitrogens with zero attached hydrogens (tertiary/aromatic N) is 2. The minimum atomic E-state index is -6.08. The topological polar surface area (TPSA) is 52.9 Å². The molecule has 4 nitrogen and oxygen atoms in total. The molecule has 0 aromatic heterocycles. The van der Waals surface area contributed by atoms with Gasteiger partial charge in [-0.1, -0.05) is 66.2 Å². The number of ketones is 1. The van der Waals surface area contributed by atoms with Gasteiger partial charge in [-0.3, -0.25) is 9.80 Å². The van der Waals surface area contributed by atoms with E-state index in [9.17, 15) is 36.2 Å². The molecule has 0 spiro atoms. The van der Waals surface area contributed by atoms with Crippen molar-refractivity contribution < 1.29 is 36.2 Å². The summed E-state index contributed by atoms with van der Waals surface area (Å²) in [6, 6.07) is 17.7. The van der Waals surface area contributed by atoms with Gasteiger partial charge in [-0.2, -0.15) is 31.4 Å². The number of hydrogen-bond acceptors (Lipinski definition) is 4. The lowest BCUT2D eigenvalue weighted by atomic mass is 9.88. The zero-order valence-corrected chi connectivity index (χ0v) is 19.9. The van der Waals surface area contributed by atoms with Gasteiger partial charge in [0.15, 0.2) is 5.78 Å². The molecule has 3 aromatic rings. The quantitative estimate of drug-likeness (QED) is 0.271. The number of carbonyl (C=O) groups is 1. The number of hydrogen-bond donors (Lipinski definition) is 1. The lowest BCUT2D eigenvalue weighted by Gasteiger charge is -2.32. The zero-order valence-electron chi connectivity index (χ0n) is 19.1. The van der Waals surface area contributed by atoms with Crippen LogP contribution in [0.3, 0.4) is 0 Å². The van der Waals surface area contributed by atoms with Crippen molar-refractivity contribution in [2.24, 2.45) is 5.10 Å². The molecule has 1 unspecified atom stereocenters. The number of rotatable bonds is 5. The Hall–Kier alpha value is -3.37. The number of Topliss-reactive ketones (excluding diaryl/α,β-unsaturated/α-hetero) is 1. The van der Waals surface area contributed by atoms with E-state index in [1.54, 1.807) is 48.5 Å². The van der Waals surface area contributed by atoms with E-state index in [1.165, 1.54) is 31.2 Å². The van der Waals surface area contributed by atoms with Crippen molar-refractivity contribution in [3.63, 3.8) is 0 Å². The molecule has 0 saturated heterocycles. The molecule has 3 aromatic carbocycles. The molecule has 1 aliphatic rings. The molecule has 0 radical (unpaired) electrons. The fraction of sp³-hybridized carbons (Fsp3) is 0.231. The molecule has 0 saturated carbocycles. The van der Waals surface area contributed by atoms with Crippen LogP contribution in [0.15, 0.2) is 77.9 Å². The van der Waals surface area contributed by atoms with E-state index >= 15 is 0 Å². The number of hydrazone groups is 1. The molecule has 0 aliphatic carbocycles. The number of alkyl halides is 6. The minimum Gasteiger partial charge on any atom is -0.369 e. The number of halogens is 7. The third-order valence-electron chi connectivity index (χ3n) is 6.14. The smallest absolute Gasteiger partial charge is 0.369 e. The largest absolute Gasteiger partial charge is 0.431 e. The van der Waals surface area contributed by atoms with E-state index < -0.39 is 36.1 Å². The summed E-state index contributed by atoms with van der Waals surface area (Å²) in [4.78, 5) is 12.1. The van der Waals surface area contributed by atoms with Crippen molar-refractivity contribution in [2.75, 3.05) is 5.01 Å². The Kier molecular flexibility index (Phi) is 6.85. The second-order valence-electron chi connectivity index (χ2n) is 8.50. The number of aliphatic hydroxyl groups is 1. The summed E-state index contributed by atoms with van der Waals surface area (Å²) in [5.41, 5.74) is -4.83. The number of anilines is 1. The molecule has 1 atom stereocenters. The number of para-hydroxylation sites is 1. The molecule has 1 heterocycles. The molecular formula is C26H19ClF6N2O2. The van der Waals surface area contributed by atoms with Crippen LogP contribution in [0.25, 0.3) is 11.1 Å². The molecule has 0 fully saturated rings. The Morgan fingerprint density at radius 1 is 0.946 bits per heavy atom. The fourth-order valence-corrected chi connectivity index (χ4v) is 4.51. The lowest BCUT2D eigenvalue weighted by molar-refractivity contribution is -0.338. The maximum Gasteiger partial charge on any atom is 0.431 e. The minimum absolute atomic E-state index is 0.0399. The van der Waals surface area contributed by atoms with Crippen molar-refractivity contribution in [2.45, 2.75) is 37.3 Å². The first-order valence-electron chi connectivity index (χ1n) is 10.9. The summed E-state index contributed by atoms with van der Waals surface area (Å²) < 4.78 is 82.0. The highest BCUT2D eigenvalue weighted by molar-refractivity contribution is 6.33. The van der Waals surface area contributed by atoms with Crippen LogP contribution >= 0.6 is 11.6 Å². The van der Waals surface area contributed by atoms with Gasteiger partial charge in [0, 0.05) is 12.0 Å². The second kappa shape index (κ2) is 9.50. The molecule has 37 heavy (non-hydrogen) atoms. The van der Waals surface area contributed by atoms with E-state index in [1.807, 2.05) is 0 Å². The highest BCUT2D eigenvalue weighted by Crippen LogP contribution is 2.49. The van der Waals surface area contributed by atoms with Crippen LogP contribution in [0.2, 0.25) is 5.02 Å². The lowest BCUT2D eigenvalue weighted by Crippen LogP contribution is -2.62. The first-order chi connectivity index (χ1) is 17.3. The zero-order chi connectivity index (χ0) is 27.2. The van der Waals surface area contributed by atoms with Gasteiger partial charge in [-0.05, 0) is 41.8 Å². The number of carbonyl (C=O) groups excluding carboxylic acids is 1. The van der Waals surface area contributed by atoms with E-state index in [0.29, 0.717) is 22.3 Å². The monoisotopic (exact) mass is 540 g/mol. The summed E-state index contributed by atoms with van der Waals surface area (Å²) in [5.74, 6) is -0.217. The molecule has 0 amide bonds. The average Bonchev–Trinajstić information content (AvgIpc) is 3.28. The Labute approximate surface area is 212 Å². The van der Waals surface area contributed by atoms with E-state index in [4.69, 9.17) is 11.6 Å². The van der Waals surface area contributed by atoms with Gasteiger partial charge >= 0.3 is 12.4 Å². The van der Waals surface area contributed by atoms with Crippen LogP contribution < -0.4 is 5.01 Å². The van der Waals surface area contributed by atoms with Gasteiger partial charge in [0.1, 0.15) is 0 Å². The van der Waals surface area contributed by atoms with Crippen molar-refractivity contribution >= 4 is 28.8 Å². The van der Waals surface area contributed by atoms with Crippen molar-refractivity contribution in [3.05, 3.63) is 88.9 Å². The van der Waals surface area contributed by atoms with Crippen molar-refractivity contribution in [1.29, 1.82) is 0 Å². The highest BCUT2D eigenvalue weighted by Gasteiger charge is 2.74. The van der Waals surface area contributed by atoms with Crippen LogP contribution in [0.5, 0.6) is 0 Å². The maximum atomic E-state index is 13.7. The predicted molar refractivity (Wildman–Crippen MR) is 128 cm³/mol. The first kappa shape index (κ1) is 26.7. The Morgan fingerprint density at radius 2 is 1.57 bits per heavy atom. The Balaban J connectivity index is 1.87. The summed E-state index contributed by atoms with van der Waals surface area (Å²) in [5, 5.41) is 14.7. The third-order valence-corrected chi connectivity index (χ3v) is 6.46. The van der Waals surface area contributed by atoms with Gasteiger partial charge in [-0.25, -0.2) is 0 Å². The van der Waals surface area contributed by atoms with E-state index in [2.05, 4.69) is 5.10 Å². The van der Waals surface area contributed by atoms with Crippen molar-refractivity contribution in [1.82, 2.24) is 0 Å². The number of benzene rings is 3. The summed E-state index contributed by atoms with van der Waals surface area (Å²) in [7, 11) is 0. The second-order valence-corrected chi connectivity index (χ2v) is 8.90.